The van der Waals surface area contributed by atoms with Crippen LogP contribution in [0, 0.1) is 0 Å². The van der Waals surface area contributed by atoms with Crippen LogP contribution in [-0.2, 0) is 9.53 Å². The molecule has 0 aliphatic heterocycles. The van der Waals surface area contributed by atoms with E-state index in [1.807, 2.05) is 25.1 Å². The highest BCUT2D eigenvalue weighted by Gasteiger charge is 2.28. The summed E-state index contributed by atoms with van der Waals surface area (Å²) in [5.41, 5.74) is 0.853. The molecule has 1 heterocycles. The van der Waals surface area contributed by atoms with Crippen molar-refractivity contribution >= 4 is 34.2 Å². The third-order valence-electron chi connectivity index (χ3n) is 5.09. The van der Waals surface area contributed by atoms with Gasteiger partial charge in [-0.15, -0.1) is 0 Å². The fraction of sp³-hybridized carbons (Fsp3) is 0.571. The van der Waals surface area contributed by atoms with E-state index in [9.17, 15) is 4.79 Å². The van der Waals surface area contributed by atoms with E-state index in [-0.39, 0.29) is 11.9 Å². The molecule has 0 unspecified atom stereocenters. The molecule has 1 fully saturated rings. The summed E-state index contributed by atoms with van der Waals surface area (Å²) < 4.78 is 5.30. The van der Waals surface area contributed by atoms with Crippen molar-refractivity contribution in [2.45, 2.75) is 51.5 Å². The quantitative estimate of drug-likeness (QED) is 0.650. The Labute approximate surface area is 171 Å². The number of nitrogens with zero attached hydrogens (tertiary/aromatic N) is 3. The van der Waals surface area contributed by atoms with Gasteiger partial charge >= 0.3 is 0 Å². The van der Waals surface area contributed by atoms with Gasteiger partial charge in [0.05, 0.1) is 12.1 Å². The number of fused-ring (bicyclic) bond motifs is 1. The van der Waals surface area contributed by atoms with Crippen LogP contribution in [0.3, 0.4) is 0 Å². The Balaban J connectivity index is 1.88. The number of benzene rings is 1. The van der Waals surface area contributed by atoms with Crippen molar-refractivity contribution in [3.05, 3.63) is 29.0 Å². The summed E-state index contributed by atoms with van der Waals surface area (Å²) in [5.74, 6) is 2.22. The molecule has 1 aliphatic carbocycles. The lowest BCUT2D eigenvalue weighted by molar-refractivity contribution is -0.121. The highest BCUT2D eigenvalue weighted by Crippen LogP contribution is 2.40. The number of carbonyl (C=O) groups is 1. The molecule has 1 amide bonds. The second-order valence-electron chi connectivity index (χ2n) is 7.45. The predicted molar refractivity (Wildman–Crippen MR) is 113 cm³/mol. The highest BCUT2D eigenvalue weighted by atomic mass is 35.5. The van der Waals surface area contributed by atoms with Crippen LogP contribution in [0.1, 0.15) is 51.3 Å². The Kier molecular flexibility index (Phi) is 7.08. The maximum absolute atomic E-state index is 12.3. The van der Waals surface area contributed by atoms with Gasteiger partial charge in [0.1, 0.15) is 11.6 Å². The summed E-state index contributed by atoms with van der Waals surface area (Å²) in [6.07, 6.45) is 3.58. The summed E-state index contributed by atoms with van der Waals surface area (Å²) in [4.78, 5) is 24.0. The SMILES string of the molecule is CC[C@@H](C)NC(=O)CCN(CCOC)c1nc(C2CC2)nc2cc(Cl)ccc12. The van der Waals surface area contributed by atoms with E-state index in [4.69, 9.17) is 26.3 Å². The molecule has 1 N–H and O–H groups in total. The van der Waals surface area contributed by atoms with Crippen molar-refractivity contribution in [1.29, 1.82) is 0 Å². The van der Waals surface area contributed by atoms with E-state index in [0.29, 0.717) is 37.1 Å². The third-order valence-corrected chi connectivity index (χ3v) is 5.33. The molecule has 1 aromatic carbocycles. The number of methoxy groups -OCH3 is 1. The van der Waals surface area contributed by atoms with Gasteiger partial charge in [-0.25, -0.2) is 9.97 Å². The molecule has 2 aromatic rings. The zero-order valence-electron chi connectivity index (χ0n) is 16.9. The molecule has 1 aliphatic rings. The number of amides is 1. The van der Waals surface area contributed by atoms with Crippen LogP contribution in [0.4, 0.5) is 5.82 Å². The van der Waals surface area contributed by atoms with Crippen LogP contribution in [-0.4, -0.2) is 48.7 Å². The van der Waals surface area contributed by atoms with E-state index >= 15 is 0 Å². The molecule has 1 aromatic heterocycles. The molecule has 0 spiro atoms. The number of hydrogen-bond acceptors (Lipinski definition) is 5. The van der Waals surface area contributed by atoms with Gasteiger partial charge in [-0.1, -0.05) is 18.5 Å². The van der Waals surface area contributed by atoms with E-state index in [0.717, 1.165) is 41.8 Å². The minimum atomic E-state index is 0.0561. The van der Waals surface area contributed by atoms with Crippen LogP contribution >= 0.6 is 11.6 Å². The number of carbonyl (C=O) groups excluding carboxylic acids is 1. The zero-order chi connectivity index (χ0) is 20.1. The Morgan fingerprint density at radius 1 is 1.36 bits per heavy atom. The van der Waals surface area contributed by atoms with Crippen molar-refractivity contribution < 1.29 is 9.53 Å². The summed E-state index contributed by atoms with van der Waals surface area (Å²) >= 11 is 6.20. The molecular weight excluding hydrogens is 376 g/mol. The zero-order valence-corrected chi connectivity index (χ0v) is 17.6. The lowest BCUT2D eigenvalue weighted by Gasteiger charge is -2.25. The molecule has 0 radical (unpaired) electrons. The number of aromatic nitrogens is 2. The van der Waals surface area contributed by atoms with Gasteiger partial charge in [-0.3, -0.25) is 4.79 Å². The molecule has 6 nitrogen and oxygen atoms in total. The van der Waals surface area contributed by atoms with Crippen LogP contribution in [0.15, 0.2) is 18.2 Å². The maximum atomic E-state index is 12.3. The Hall–Kier alpha value is -1.92. The normalized spacial score (nSPS) is 14.9. The summed E-state index contributed by atoms with van der Waals surface area (Å²) in [6.45, 7) is 5.87. The molecule has 0 saturated heterocycles. The fourth-order valence-electron chi connectivity index (χ4n) is 3.08. The van der Waals surface area contributed by atoms with Gasteiger partial charge < -0.3 is 15.0 Å². The molecule has 7 heteroatoms. The van der Waals surface area contributed by atoms with Crippen molar-refractivity contribution in [3.8, 4) is 0 Å². The van der Waals surface area contributed by atoms with Gasteiger partial charge in [-0.2, -0.15) is 0 Å². The Morgan fingerprint density at radius 3 is 2.82 bits per heavy atom. The minimum Gasteiger partial charge on any atom is -0.383 e. The molecule has 3 rings (SSSR count). The number of ether oxygens (including phenoxy) is 1. The monoisotopic (exact) mass is 404 g/mol. The summed E-state index contributed by atoms with van der Waals surface area (Å²) in [7, 11) is 1.68. The summed E-state index contributed by atoms with van der Waals surface area (Å²) in [6, 6.07) is 5.89. The number of nitrogens with one attached hydrogen (secondary N) is 1. The van der Waals surface area contributed by atoms with Crippen molar-refractivity contribution in [2.24, 2.45) is 0 Å². The van der Waals surface area contributed by atoms with Gasteiger partial charge in [-0.05, 0) is 44.4 Å². The standard InChI is InChI=1S/C21H29ClN4O2/c1-4-14(2)23-19(27)9-10-26(11-12-28-3)21-17-8-7-16(22)13-18(17)24-20(25-21)15-5-6-15/h7-8,13-15H,4-6,9-12H2,1-3H3,(H,23,27)/t14-/m1/s1. The van der Waals surface area contributed by atoms with Gasteiger partial charge in [0.15, 0.2) is 0 Å². The second-order valence-corrected chi connectivity index (χ2v) is 7.88. The van der Waals surface area contributed by atoms with Gasteiger partial charge in [0, 0.05) is 49.0 Å². The van der Waals surface area contributed by atoms with Crippen LogP contribution < -0.4 is 10.2 Å². The second kappa shape index (κ2) is 9.52. The average molecular weight is 405 g/mol. The third kappa shape index (κ3) is 5.32. The maximum Gasteiger partial charge on any atom is 0.221 e. The van der Waals surface area contributed by atoms with Crippen LogP contribution in [0.2, 0.25) is 5.02 Å². The first-order valence-electron chi connectivity index (χ1n) is 10.0. The van der Waals surface area contributed by atoms with Crippen LogP contribution in [0.5, 0.6) is 0 Å². The number of rotatable bonds is 10. The molecule has 1 atom stereocenters. The molecular formula is C21H29ClN4O2. The molecule has 28 heavy (non-hydrogen) atoms. The average Bonchev–Trinajstić information content (AvgIpc) is 3.52. The van der Waals surface area contributed by atoms with Crippen molar-refractivity contribution in [1.82, 2.24) is 15.3 Å². The summed E-state index contributed by atoms with van der Waals surface area (Å²) in [5, 5.41) is 4.64. The number of hydrogen-bond donors (Lipinski definition) is 1. The number of anilines is 1. The molecule has 0 bridgehead atoms. The van der Waals surface area contributed by atoms with Crippen LogP contribution in [0.25, 0.3) is 10.9 Å². The first kappa shape index (κ1) is 20.8. The molecule has 1 saturated carbocycles. The van der Waals surface area contributed by atoms with E-state index in [1.54, 1.807) is 7.11 Å². The van der Waals surface area contributed by atoms with Crippen molar-refractivity contribution in [3.63, 3.8) is 0 Å². The lowest BCUT2D eigenvalue weighted by Crippen LogP contribution is -2.36. The van der Waals surface area contributed by atoms with E-state index in [1.165, 1.54) is 0 Å². The smallest absolute Gasteiger partial charge is 0.221 e. The fourth-order valence-corrected chi connectivity index (χ4v) is 3.25. The first-order chi connectivity index (χ1) is 13.5. The van der Waals surface area contributed by atoms with E-state index < -0.39 is 0 Å². The molecule has 152 valence electrons. The van der Waals surface area contributed by atoms with Gasteiger partial charge in [0.25, 0.3) is 0 Å². The Bertz CT molecular complexity index is 825. The Morgan fingerprint density at radius 2 is 2.14 bits per heavy atom. The minimum absolute atomic E-state index is 0.0561. The topological polar surface area (TPSA) is 67.4 Å². The lowest BCUT2D eigenvalue weighted by atomic mass is 10.2. The predicted octanol–water partition coefficient (Wildman–Crippen LogP) is 3.92. The highest BCUT2D eigenvalue weighted by molar-refractivity contribution is 6.31. The first-order valence-corrected chi connectivity index (χ1v) is 10.4. The van der Waals surface area contributed by atoms with Crippen molar-refractivity contribution in [2.75, 3.05) is 31.7 Å². The largest absolute Gasteiger partial charge is 0.383 e. The van der Waals surface area contributed by atoms with E-state index in [2.05, 4.69) is 17.1 Å². The number of halogens is 1. The van der Waals surface area contributed by atoms with Gasteiger partial charge in [0.2, 0.25) is 5.91 Å².